The first-order chi connectivity index (χ1) is 13.5. The lowest BCUT2D eigenvalue weighted by atomic mass is 10.1. The van der Waals surface area contributed by atoms with Crippen molar-refractivity contribution < 1.29 is 13.5 Å². The zero-order chi connectivity index (χ0) is 19.9. The van der Waals surface area contributed by atoms with E-state index in [2.05, 4.69) is 5.32 Å². The van der Waals surface area contributed by atoms with E-state index >= 15 is 0 Å². The summed E-state index contributed by atoms with van der Waals surface area (Å²) >= 11 is 12.1. The molecule has 0 fully saturated rings. The van der Waals surface area contributed by atoms with Crippen molar-refractivity contribution >= 4 is 23.2 Å². The fourth-order valence-electron chi connectivity index (χ4n) is 2.79. The topological polar surface area (TPSA) is 21.3 Å². The molecule has 0 atom stereocenters. The molecule has 28 heavy (non-hydrogen) atoms. The molecule has 146 valence electrons. The summed E-state index contributed by atoms with van der Waals surface area (Å²) in [6.07, 6.45) is 0.564. The number of halogens is 4. The van der Waals surface area contributed by atoms with Crippen molar-refractivity contribution in [3.8, 4) is 5.75 Å². The monoisotopic (exact) mass is 421 g/mol. The highest BCUT2D eigenvalue weighted by atomic mass is 35.5. The van der Waals surface area contributed by atoms with Gasteiger partial charge < -0.3 is 10.1 Å². The van der Waals surface area contributed by atoms with Gasteiger partial charge in [0.1, 0.15) is 24.0 Å². The van der Waals surface area contributed by atoms with Gasteiger partial charge in [-0.1, -0.05) is 47.5 Å². The van der Waals surface area contributed by atoms with Gasteiger partial charge in [0.25, 0.3) is 0 Å². The molecule has 0 aliphatic heterocycles. The van der Waals surface area contributed by atoms with Crippen molar-refractivity contribution in [1.82, 2.24) is 5.32 Å². The van der Waals surface area contributed by atoms with Gasteiger partial charge >= 0.3 is 0 Å². The van der Waals surface area contributed by atoms with E-state index in [1.54, 1.807) is 42.5 Å². The standard InChI is InChI=1S/C22H19Cl2F2NO/c23-17-8-9-22(28-14-18-19(24)5-3-7-21(18)26)16(12-17)13-27-11-10-15-4-1-2-6-20(15)25/h1-9,12,27H,10-11,13-14H2. The van der Waals surface area contributed by atoms with Crippen LogP contribution in [0.3, 0.4) is 0 Å². The van der Waals surface area contributed by atoms with Gasteiger partial charge in [-0.25, -0.2) is 8.78 Å². The minimum atomic E-state index is -0.411. The number of ether oxygens (including phenoxy) is 1. The van der Waals surface area contributed by atoms with Crippen LogP contribution in [0.25, 0.3) is 0 Å². The van der Waals surface area contributed by atoms with Gasteiger partial charge in [0, 0.05) is 22.7 Å². The van der Waals surface area contributed by atoms with Crippen molar-refractivity contribution in [1.29, 1.82) is 0 Å². The lowest BCUT2D eigenvalue weighted by Gasteiger charge is -2.14. The van der Waals surface area contributed by atoms with Crippen molar-refractivity contribution in [2.24, 2.45) is 0 Å². The average molecular weight is 422 g/mol. The molecule has 0 saturated carbocycles. The smallest absolute Gasteiger partial charge is 0.131 e. The predicted molar refractivity (Wildman–Crippen MR) is 109 cm³/mol. The van der Waals surface area contributed by atoms with Crippen LogP contribution in [0.15, 0.2) is 60.7 Å². The van der Waals surface area contributed by atoms with Gasteiger partial charge in [-0.3, -0.25) is 0 Å². The molecule has 0 radical (unpaired) electrons. The second kappa shape index (κ2) is 9.87. The third kappa shape index (κ3) is 5.44. The highest BCUT2D eigenvalue weighted by Gasteiger charge is 2.10. The molecule has 0 aliphatic rings. The summed E-state index contributed by atoms with van der Waals surface area (Å²) in [6, 6.07) is 16.5. The normalized spacial score (nSPS) is 10.9. The Balaban J connectivity index is 1.61. The molecule has 0 aromatic heterocycles. The summed E-state index contributed by atoms with van der Waals surface area (Å²) in [5, 5.41) is 4.15. The maximum atomic E-state index is 13.9. The Kier molecular flexibility index (Phi) is 7.26. The quantitative estimate of drug-likeness (QED) is 0.438. The number of rotatable bonds is 8. The number of benzene rings is 3. The van der Waals surface area contributed by atoms with E-state index in [9.17, 15) is 8.78 Å². The van der Waals surface area contributed by atoms with Crippen LogP contribution in [-0.2, 0) is 19.6 Å². The second-order valence-corrected chi connectivity index (χ2v) is 7.10. The van der Waals surface area contributed by atoms with Crippen molar-refractivity contribution in [3.05, 3.63) is 99.0 Å². The number of hydrogen-bond acceptors (Lipinski definition) is 2. The lowest BCUT2D eigenvalue weighted by Crippen LogP contribution is -2.18. The Morgan fingerprint density at radius 1 is 0.857 bits per heavy atom. The van der Waals surface area contributed by atoms with Gasteiger partial charge in [0.05, 0.1) is 5.02 Å². The maximum absolute atomic E-state index is 13.9. The molecule has 1 N–H and O–H groups in total. The molecule has 0 bridgehead atoms. The largest absolute Gasteiger partial charge is 0.488 e. The zero-order valence-electron chi connectivity index (χ0n) is 15.0. The third-order valence-corrected chi connectivity index (χ3v) is 4.89. The number of nitrogens with one attached hydrogen (secondary N) is 1. The molecule has 0 saturated heterocycles. The molecular formula is C22H19Cl2F2NO. The van der Waals surface area contributed by atoms with Crippen LogP contribution < -0.4 is 10.1 Å². The van der Waals surface area contributed by atoms with Crippen molar-refractivity contribution in [3.63, 3.8) is 0 Å². The summed E-state index contributed by atoms with van der Waals surface area (Å²) in [4.78, 5) is 0. The van der Waals surface area contributed by atoms with Crippen LogP contribution in [0.2, 0.25) is 10.0 Å². The van der Waals surface area contributed by atoms with E-state index in [1.807, 2.05) is 6.07 Å². The van der Waals surface area contributed by atoms with Crippen LogP contribution in [0.4, 0.5) is 8.78 Å². The van der Waals surface area contributed by atoms with Crippen LogP contribution in [-0.4, -0.2) is 6.54 Å². The Bertz CT molecular complexity index is 929. The van der Waals surface area contributed by atoms with Gasteiger partial charge in [0.2, 0.25) is 0 Å². The lowest BCUT2D eigenvalue weighted by molar-refractivity contribution is 0.296. The van der Waals surface area contributed by atoms with Crippen LogP contribution in [0.1, 0.15) is 16.7 Å². The minimum Gasteiger partial charge on any atom is -0.488 e. The summed E-state index contributed by atoms with van der Waals surface area (Å²) < 4.78 is 33.4. The van der Waals surface area contributed by atoms with E-state index in [-0.39, 0.29) is 12.4 Å². The minimum absolute atomic E-state index is 0.00929. The van der Waals surface area contributed by atoms with Crippen LogP contribution in [0, 0.1) is 11.6 Å². The average Bonchev–Trinajstić information content (AvgIpc) is 2.67. The highest BCUT2D eigenvalue weighted by Crippen LogP contribution is 2.26. The van der Waals surface area contributed by atoms with E-state index in [1.165, 1.54) is 12.1 Å². The van der Waals surface area contributed by atoms with E-state index in [0.717, 1.165) is 5.56 Å². The summed E-state index contributed by atoms with van der Waals surface area (Å²) in [7, 11) is 0. The maximum Gasteiger partial charge on any atom is 0.131 e. The first kappa shape index (κ1) is 20.6. The summed E-state index contributed by atoms with van der Waals surface area (Å²) in [6.45, 7) is 1.08. The highest BCUT2D eigenvalue weighted by molar-refractivity contribution is 6.31. The molecule has 0 amide bonds. The molecule has 6 heteroatoms. The zero-order valence-corrected chi connectivity index (χ0v) is 16.5. The summed E-state index contributed by atoms with van der Waals surface area (Å²) in [5.74, 6) is -0.0361. The SMILES string of the molecule is Fc1ccccc1CCNCc1cc(Cl)ccc1OCc1c(F)cccc1Cl. The van der Waals surface area contributed by atoms with E-state index in [4.69, 9.17) is 27.9 Å². The van der Waals surface area contributed by atoms with Gasteiger partial charge in [-0.05, 0) is 54.9 Å². The fraction of sp³-hybridized carbons (Fsp3) is 0.182. The Morgan fingerprint density at radius 2 is 1.64 bits per heavy atom. The molecule has 3 rings (SSSR count). The molecular weight excluding hydrogens is 403 g/mol. The first-order valence-electron chi connectivity index (χ1n) is 8.83. The van der Waals surface area contributed by atoms with Crippen LogP contribution in [0.5, 0.6) is 5.75 Å². The summed E-state index contributed by atoms with van der Waals surface area (Å²) in [5.41, 5.74) is 1.79. The predicted octanol–water partition coefficient (Wildman–Crippen LogP) is 6.18. The molecule has 0 aliphatic carbocycles. The van der Waals surface area contributed by atoms with Crippen molar-refractivity contribution in [2.45, 2.75) is 19.6 Å². The number of hydrogen-bond donors (Lipinski definition) is 1. The Hall–Kier alpha value is -2.14. The van der Waals surface area contributed by atoms with Crippen LogP contribution >= 0.6 is 23.2 Å². The Labute approximate surface area is 173 Å². The molecule has 3 aromatic rings. The molecule has 0 spiro atoms. The molecule has 3 aromatic carbocycles. The molecule has 2 nitrogen and oxygen atoms in total. The van der Waals surface area contributed by atoms with E-state index < -0.39 is 5.82 Å². The fourth-order valence-corrected chi connectivity index (χ4v) is 3.21. The first-order valence-corrected chi connectivity index (χ1v) is 9.58. The van der Waals surface area contributed by atoms with Gasteiger partial charge in [-0.2, -0.15) is 0 Å². The van der Waals surface area contributed by atoms with Gasteiger partial charge in [0.15, 0.2) is 0 Å². The molecule has 0 heterocycles. The molecule has 0 unspecified atom stereocenters. The second-order valence-electron chi connectivity index (χ2n) is 6.26. The Morgan fingerprint density at radius 3 is 2.43 bits per heavy atom. The van der Waals surface area contributed by atoms with E-state index in [0.29, 0.717) is 46.4 Å². The van der Waals surface area contributed by atoms with Gasteiger partial charge in [-0.15, -0.1) is 0 Å². The third-order valence-electron chi connectivity index (χ3n) is 4.30. The van der Waals surface area contributed by atoms with Crippen molar-refractivity contribution in [2.75, 3.05) is 6.54 Å².